The Morgan fingerprint density at radius 1 is 1.07 bits per heavy atom. The Balaban J connectivity index is 1.67. The number of nitrogens with one attached hydrogen (secondary N) is 1. The summed E-state index contributed by atoms with van der Waals surface area (Å²) in [6.45, 7) is 0.472. The van der Waals surface area contributed by atoms with Crippen LogP contribution in [-0.2, 0) is 9.53 Å². The molecule has 1 aliphatic carbocycles. The third kappa shape index (κ3) is 8.33. The third-order valence-electron chi connectivity index (χ3n) is 6.07. The van der Waals surface area contributed by atoms with E-state index in [2.05, 4.69) is 10.1 Å². The minimum atomic E-state index is -0.497. The van der Waals surface area contributed by atoms with E-state index < -0.39 is 18.3 Å². The van der Waals surface area contributed by atoms with Crippen molar-refractivity contribution in [3.05, 3.63) is 30.3 Å². The van der Waals surface area contributed by atoms with E-state index in [0.717, 1.165) is 37.8 Å². The van der Waals surface area contributed by atoms with E-state index >= 15 is 0 Å². The van der Waals surface area contributed by atoms with E-state index in [1.807, 2.05) is 30.3 Å². The minimum absolute atomic E-state index is 0.0337. The smallest absolute Gasteiger partial charge is 0.305 e. The predicted molar refractivity (Wildman–Crippen MR) is 114 cm³/mol. The predicted octanol–water partition coefficient (Wildman–Crippen LogP) is 3.11. The molecule has 6 nitrogen and oxygen atoms in total. The number of carbonyl (C=O) groups is 1. The van der Waals surface area contributed by atoms with Crippen LogP contribution in [-0.4, -0.2) is 53.3 Å². The van der Waals surface area contributed by atoms with Crippen LogP contribution >= 0.6 is 0 Å². The molecule has 1 aliphatic rings. The van der Waals surface area contributed by atoms with Gasteiger partial charge in [0.05, 0.1) is 25.4 Å². The number of carbonyl (C=O) groups excluding carboxylic acids is 1. The Kier molecular flexibility index (Phi) is 10.5. The largest absolute Gasteiger partial charge is 0.469 e. The fourth-order valence-electron chi connectivity index (χ4n) is 4.36. The maximum atomic E-state index is 11.1. The van der Waals surface area contributed by atoms with E-state index in [1.54, 1.807) is 0 Å². The van der Waals surface area contributed by atoms with Crippen LogP contribution in [0.4, 0.5) is 5.69 Å². The van der Waals surface area contributed by atoms with Gasteiger partial charge in [-0.05, 0) is 56.1 Å². The summed E-state index contributed by atoms with van der Waals surface area (Å²) in [5.74, 6) is -0.0500. The Bertz CT molecular complexity index is 582. The average Bonchev–Trinajstić information content (AvgIpc) is 3.00. The molecule has 2 unspecified atom stereocenters. The number of anilines is 1. The number of aliphatic hydroxyl groups is 3. The molecule has 1 saturated carbocycles. The molecular weight excluding hydrogens is 370 g/mol. The van der Waals surface area contributed by atoms with Gasteiger partial charge in [-0.1, -0.05) is 37.5 Å². The standard InChI is InChI=1S/C23H37NO5/c1-29-23(28)12-8-3-2-7-11-19-20(22(27)15-21(19)26)14-13-18(25)16-24-17-9-5-4-6-10-17/h4-6,9-10,18-22,24-27H,2-3,7-8,11-16H2,1H3/t18?,19?,20-,21+,22-/m1/s1. The number of rotatable bonds is 13. The maximum Gasteiger partial charge on any atom is 0.305 e. The highest BCUT2D eigenvalue weighted by molar-refractivity contribution is 5.68. The molecule has 164 valence electrons. The zero-order valence-electron chi connectivity index (χ0n) is 17.5. The lowest BCUT2D eigenvalue weighted by atomic mass is 9.85. The van der Waals surface area contributed by atoms with Gasteiger partial charge in [0, 0.05) is 18.7 Å². The summed E-state index contributed by atoms with van der Waals surface area (Å²) in [7, 11) is 1.41. The van der Waals surface area contributed by atoms with Crippen molar-refractivity contribution < 1.29 is 24.9 Å². The molecule has 0 spiro atoms. The van der Waals surface area contributed by atoms with Crippen molar-refractivity contribution in [3.8, 4) is 0 Å². The molecule has 1 aromatic carbocycles. The zero-order valence-corrected chi connectivity index (χ0v) is 17.5. The molecule has 1 aromatic rings. The molecule has 0 radical (unpaired) electrons. The molecule has 0 saturated heterocycles. The molecule has 6 heteroatoms. The number of hydrogen-bond donors (Lipinski definition) is 4. The number of benzene rings is 1. The summed E-state index contributed by atoms with van der Waals surface area (Å²) in [5.41, 5.74) is 0.980. The number of unbranched alkanes of at least 4 members (excludes halogenated alkanes) is 3. The highest BCUT2D eigenvalue weighted by atomic mass is 16.5. The molecule has 0 bridgehead atoms. The van der Waals surface area contributed by atoms with Crippen LogP contribution in [0.2, 0.25) is 0 Å². The quantitative estimate of drug-likeness (QED) is 0.296. The first-order chi connectivity index (χ1) is 14.0. The number of esters is 1. The Labute approximate surface area is 174 Å². The maximum absolute atomic E-state index is 11.1. The van der Waals surface area contributed by atoms with Crippen molar-refractivity contribution in [1.29, 1.82) is 0 Å². The zero-order chi connectivity index (χ0) is 21.1. The summed E-state index contributed by atoms with van der Waals surface area (Å²) in [6.07, 6.45) is 5.40. The molecule has 0 aliphatic heterocycles. The minimum Gasteiger partial charge on any atom is -0.469 e. The van der Waals surface area contributed by atoms with E-state index in [9.17, 15) is 20.1 Å². The van der Waals surface area contributed by atoms with Crippen molar-refractivity contribution >= 4 is 11.7 Å². The monoisotopic (exact) mass is 407 g/mol. The molecular formula is C23H37NO5. The van der Waals surface area contributed by atoms with E-state index in [-0.39, 0.29) is 17.8 Å². The van der Waals surface area contributed by atoms with E-state index in [0.29, 0.717) is 32.2 Å². The molecule has 0 aromatic heterocycles. The average molecular weight is 408 g/mol. The number of para-hydroxylation sites is 1. The summed E-state index contributed by atoms with van der Waals surface area (Å²) in [4.78, 5) is 11.1. The molecule has 5 atom stereocenters. The van der Waals surface area contributed by atoms with Gasteiger partial charge in [0.25, 0.3) is 0 Å². The Hall–Kier alpha value is -1.63. The van der Waals surface area contributed by atoms with Crippen molar-refractivity contribution in [2.45, 2.75) is 76.1 Å². The normalized spacial score (nSPS) is 25.0. The van der Waals surface area contributed by atoms with Crippen LogP contribution in [0, 0.1) is 11.8 Å². The van der Waals surface area contributed by atoms with Gasteiger partial charge in [0.1, 0.15) is 0 Å². The molecule has 1 fully saturated rings. The van der Waals surface area contributed by atoms with Gasteiger partial charge in [-0.15, -0.1) is 0 Å². The SMILES string of the molecule is COC(=O)CCCCCCC1[C@@H](CCC(O)CNc2ccccc2)[C@H](O)C[C@@H]1O. The second kappa shape index (κ2) is 12.8. The summed E-state index contributed by atoms with van der Waals surface area (Å²) < 4.78 is 4.64. The summed E-state index contributed by atoms with van der Waals surface area (Å²) in [5, 5.41) is 34.3. The van der Waals surface area contributed by atoms with Crippen molar-refractivity contribution in [2.75, 3.05) is 19.0 Å². The van der Waals surface area contributed by atoms with Crippen molar-refractivity contribution in [1.82, 2.24) is 0 Å². The van der Waals surface area contributed by atoms with Crippen molar-refractivity contribution in [3.63, 3.8) is 0 Å². The van der Waals surface area contributed by atoms with Crippen LogP contribution in [0.5, 0.6) is 0 Å². The number of ether oxygens (including phenoxy) is 1. The van der Waals surface area contributed by atoms with Crippen LogP contribution in [0.3, 0.4) is 0 Å². The highest BCUT2D eigenvalue weighted by Gasteiger charge is 2.40. The lowest BCUT2D eigenvalue weighted by molar-refractivity contribution is -0.140. The van der Waals surface area contributed by atoms with Gasteiger partial charge < -0.3 is 25.4 Å². The topological polar surface area (TPSA) is 99.0 Å². The van der Waals surface area contributed by atoms with Crippen LogP contribution < -0.4 is 5.32 Å². The summed E-state index contributed by atoms with van der Waals surface area (Å²) >= 11 is 0. The number of aliphatic hydroxyl groups excluding tert-OH is 3. The molecule has 4 N–H and O–H groups in total. The lowest BCUT2D eigenvalue weighted by Gasteiger charge is -2.25. The molecule has 29 heavy (non-hydrogen) atoms. The second-order valence-corrected chi connectivity index (χ2v) is 8.21. The Morgan fingerprint density at radius 3 is 2.41 bits per heavy atom. The first-order valence-corrected chi connectivity index (χ1v) is 10.9. The van der Waals surface area contributed by atoms with Gasteiger partial charge in [0.15, 0.2) is 0 Å². The number of hydrogen-bond acceptors (Lipinski definition) is 6. The summed E-state index contributed by atoms with van der Waals surface area (Å²) in [6, 6.07) is 9.78. The third-order valence-corrected chi connectivity index (χ3v) is 6.07. The van der Waals surface area contributed by atoms with E-state index in [1.165, 1.54) is 7.11 Å². The van der Waals surface area contributed by atoms with Crippen molar-refractivity contribution in [2.24, 2.45) is 11.8 Å². The fraction of sp³-hybridized carbons (Fsp3) is 0.696. The molecule has 0 heterocycles. The fourth-order valence-corrected chi connectivity index (χ4v) is 4.36. The number of methoxy groups -OCH3 is 1. The van der Waals surface area contributed by atoms with Gasteiger partial charge >= 0.3 is 5.97 Å². The first-order valence-electron chi connectivity index (χ1n) is 10.9. The molecule has 0 amide bonds. The Morgan fingerprint density at radius 2 is 1.72 bits per heavy atom. The van der Waals surface area contributed by atoms with Gasteiger partial charge in [-0.3, -0.25) is 4.79 Å². The van der Waals surface area contributed by atoms with Gasteiger partial charge in [-0.25, -0.2) is 0 Å². The van der Waals surface area contributed by atoms with Crippen LogP contribution in [0.25, 0.3) is 0 Å². The van der Waals surface area contributed by atoms with Gasteiger partial charge in [-0.2, -0.15) is 0 Å². The van der Waals surface area contributed by atoms with E-state index in [4.69, 9.17) is 0 Å². The van der Waals surface area contributed by atoms with Gasteiger partial charge in [0.2, 0.25) is 0 Å². The lowest BCUT2D eigenvalue weighted by Crippen LogP contribution is -2.26. The molecule has 2 rings (SSSR count). The van der Waals surface area contributed by atoms with Crippen LogP contribution in [0.1, 0.15) is 57.8 Å². The highest BCUT2D eigenvalue weighted by Crippen LogP contribution is 2.39. The first kappa shape index (κ1) is 23.6. The second-order valence-electron chi connectivity index (χ2n) is 8.21. The van der Waals surface area contributed by atoms with Crippen LogP contribution in [0.15, 0.2) is 30.3 Å².